The van der Waals surface area contributed by atoms with Gasteiger partial charge >= 0.3 is 12.1 Å². The van der Waals surface area contributed by atoms with Crippen molar-refractivity contribution >= 4 is 12.1 Å². The summed E-state index contributed by atoms with van der Waals surface area (Å²) < 4.78 is 5.46. The van der Waals surface area contributed by atoms with Crippen LogP contribution in [0.25, 0.3) is 0 Å². The second kappa shape index (κ2) is 9.71. The Kier molecular flexibility index (Phi) is 7.27. The molecule has 1 saturated carbocycles. The van der Waals surface area contributed by atoms with Crippen LogP contribution in [0, 0.1) is 0 Å². The summed E-state index contributed by atoms with van der Waals surface area (Å²) in [6, 6.07) is 11.1. The first-order valence-corrected chi connectivity index (χ1v) is 11.3. The Bertz CT molecular complexity index is 700. The number of rotatable bonds is 3. The molecule has 0 atom stereocenters. The quantitative estimate of drug-likeness (QED) is 0.775. The largest absolute Gasteiger partial charge is 0.444 e. The molecule has 1 N–H and O–H groups in total. The van der Waals surface area contributed by atoms with Crippen LogP contribution in [-0.4, -0.2) is 59.7 Å². The molecule has 0 aromatic heterocycles. The maximum atomic E-state index is 12.8. The first-order chi connectivity index (χ1) is 14.2. The highest BCUT2D eigenvalue weighted by atomic mass is 16.6. The molecule has 1 aromatic rings. The molecule has 2 fully saturated rings. The Morgan fingerprint density at radius 1 is 1.00 bits per heavy atom. The van der Waals surface area contributed by atoms with Crippen molar-refractivity contribution in [1.29, 1.82) is 0 Å². The molecular formula is C24H37N3O3. The second-order valence-electron chi connectivity index (χ2n) is 9.72. The van der Waals surface area contributed by atoms with Gasteiger partial charge in [0.2, 0.25) is 0 Å². The van der Waals surface area contributed by atoms with E-state index in [0.717, 1.165) is 38.5 Å². The van der Waals surface area contributed by atoms with Gasteiger partial charge in [-0.25, -0.2) is 9.59 Å². The van der Waals surface area contributed by atoms with Crippen LogP contribution in [0.3, 0.4) is 0 Å². The highest BCUT2D eigenvalue weighted by Gasteiger charge is 2.31. The lowest BCUT2D eigenvalue weighted by Crippen LogP contribution is -2.52. The molecule has 30 heavy (non-hydrogen) atoms. The van der Waals surface area contributed by atoms with Crippen LogP contribution in [0.4, 0.5) is 9.59 Å². The van der Waals surface area contributed by atoms with Gasteiger partial charge in [-0.15, -0.1) is 0 Å². The Morgan fingerprint density at radius 3 is 2.17 bits per heavy atom. The molecule has 0 spiro atoms. The van der Waals surface area contributed by atoms with E-state index in [9.17, 15) is 9.59 Å². The minimum Gasteiger partial charge on any atom is -0.444 e. The van der Waals surface area contributed by atoms with Crippen molar-refractivity contribution in [3.05, 3.63) is 35.9 Å². The number of piperidine rings is 1. The Morgan fingerprint density at radius 2 is 1.60 bits per heavy atom. The minimum atomic E-state index is -0.482. The lowest BCUT2D eigenvalue weighted by atomic mass is 9.82. The molecular weight excluding hydrogens is 378 g/mol. The lowest BCUT2D eigenvalue weighted by Gasteiger charge is -2.38. The fraction of sp³-hybridized carbons (Fsp3) is 0.667. The Labute approximate surface area is 180 Å². The van der Waals surface area contributed by atoms with E-state index in [1.54, 1.807) is 4.90 Å². The third-order valence-electron chi connectivity index (χ3n) is 6.31. The van der Waals surface area contributed by atoms with Gasteiger partial charge in [0.05, 0.1) is 0 Å². The zero-order valence-electron chi connectivity index (χ0n) is 18.9. The van der Waals surface area contributed by atoms with Gasteiger partial charge in [0.1, 0.15) is 5.60 Å². The fourth-order valence-electron chi connectivity index (χ4n) is 4.50. The number of hydrogen-bond acceptors (Lipinski definition) is 3. The molecule has 1 heterocycles. The summed E-state index contributed by atoms with van der Waals surface area (Å²) in [6.45, 7) is 6.88. The van der Waals surface area contributed by atoms with E-state index in [1.807, 2.05) is 32.7 Å². The van der Waals surface area contributed by atoms with Crippen LogP contribution < -0.4 is 5.32 Å². The van der Waals surface area contributed by atoms with Crippen molar-refractivity contribution in [2.24, 2.45) is 0 Å². The highest BCUT2D eigenvalue weighted by molar-refractivity contribution is 5.74. The van der Waals surface area contributed by atoms with E-state index in [1.165, 1.54) is 5.56 Å². The van der Waals surface area contributed by atoms with E-state index in [2.05, 4.69) is 35.6 Å². The SMILES string of the molecule is CN(C(=O)NC1CCC(c2ccccc2)CC1)C1CCN(C(=O)OC(C)(C)C)CC1. The van der Waals surface area contributed by atoms with Gasteiger partial charge in [0.25, 0.3) is 0 Å². The van der Waals surface area contributed by atoms with Crippen molar-refractivity contribution in [2.75, 3.05) is 20.1 Å². The molecule has 3 rings (SSSR count). The highest BCUT2D eigenvalue weighted by Crippen LogP contribution is 2.32. The van der Waals surface area contributed by atoms with Crippen molar-refractivity contribution in [3.8, 4) is 0 Å². The van der Waals surface area contributed by atoms with Crippen LogP contribution >= 0.6 is 0 Å². The molecule has 166 valence electrons. The predicted molar refractivity (Wildman–Crippen MR) is 119 cm³/mol. The van der Waals surface area contributed by atoms with E-state index in [4.69, 9.17) is 4.74 Å². The van der Waals surface area contributed by atoms with Gasteiger partial charge < -0.3 is 19.9 Å². The summed E-state index contributed by atoms with van der Waals surface area (Å²) in [5.41, 5.74) is 0.931. The van der Waals surface area contributed by atoms with E-state index < -0.39 is 5.60 Å². The molecule has 6 nitrogen and oxygen atoms in total. The zero-order chi connectivity index (χ0) is 21.7. The van der Waals surface area contributed by atoms with Gasteiger partial charge in [0, 0.05) is 32.2 Å². The smallest absolute Gasteiger partial charge is 0.410 e. The fourth-order valence-corrected chi connectivity index (χ4v) is 4.50. The molecule has 1 aliphatic carbocycles. The van der Waals surface area contributed by atoms with Crippen molar-refractivity contribution in [3.63, 3.8) is 0 Å². The monoisotopic (exact) mass is 415 g/mol. The number of nitrogens with zero attached hydrogens (tertiary/aromatic N) is 2. The Hall–Kier alpha value is -2.24. The van der Waals surface area contributed by atoms with Crippen LogP contribution in [0.5, 0.6) is 0 Å². The summed E-state index contributed by atoms with van der Waals surface area (Å²) in [5, 5.41) is 3.23. The summed E-state index contributed by atoms with van der Waals surface area (Å²) in [4.78, 5) is 28.6. The molecule has 0 radical (unpaired) electrons. The first kappa shape index (κ1) is 22.4. The van der Waals surface area contributed by atoms with Crippen LogP contribution in [0.1, 0.15) is 70.8 Å². The van der Waals surface area contributed by atoms with E-state index >= 15 is 0 Å². The number of amides is 3. The number of likely N-dealkylation sites (tertiary alicyclic amines) is 1. The van der Waals surface area contributed by atoms with Crippen molar-refractivity contribution in [1.82, 2.24) is 15.1 Å². The molecule has 0 bridgehead atoms. The summed E-state index contributed by atoms with van der Waals surface area (Å²) in [5.74, 6) is 0.606. The molecule has 1 aromatic carbocycles. The zero-order valence-corrected chi connectivity index (χ0v) is 18.9. The van der Waals surface area contributed by atoms with Crippen LogP contribution in [-0.2, 0) is 4.74 Å². The number of carbonyl (C=O) groups excluding carboxylic acids is 2. The molecule has 1 saturated heterocycles. The van der Waals surface area contributed by atoms with Crippen molar-refractivity contribution in [2.45, 2.75) is 82.9 Å². The van der Waals surface area contributed by atoms with Gasteiger partial charge in [-0.3, -0.25) is 0 Å². The topological polar surface area (TPSA) is 61.9 Å². The van der Waals surface area contributed by atoms with Gasteiger partial charge in [-0.2, -0.15) is 0 Å². The predicted octanol–water partition coefficient (Wildman–Crippen LogP) is 4.75. The number of carbonyl (C=O) groups is 2. The van der Waals surface area contributed by atoms with Crippen LogP contribution in [0.2, 0.25) is 0 Å². The standard InChI is InChI=1S/C24H37N3O3/c1-24(2,3)30-23(29)27-16-14-21(15-17-27)26(4)22(28)25-20-12-10-19(11-13-20)18-8-6-5-7-9-18/h5-9,19-21H,10-17H2,1-4H3,(H,25,28). The van der Waals surface area contributed by atoms with Gasteiger partial charge in [-0.05, 0) is 70.8 Å². The van der Waals surface area contributed by atoms with Crippen molar-refractivity contribution < 1.29 is 14.3 Å². The maximum Gasteiger partial charge on any atom is 0.410 e. The van der Waals surface area contributed by atoms with E-state index in [-0.39, 0.29) is 24.2 Å². The molecule has 6 heteroatoms. The average molecular weight is 416 g/mol. The molecule has 2 aliphatic rings. The number of benzene rings is 1. The summed E-state index contributed by atoms with van der Waals surface area (Å²) in [6.07, 6.45) is 5.59. The number of ether oxygens (including phenoxy) is 1. The van der Waals surface area contributed by atoms with Gasteiger partial charge in [0.15, 0.2) is 0 Å². The molecule has 1 aliphatic heterocycles. The average Bonchev–Trinajstić information content (AvgIpc) is 2.73. The third-order valence-corrected chi connectivity index (χ3v) is 6.31. The number of nitrogens with one attached hydrogen (secondary N) is 1. The van der Waals surface area contributed by atoms with E-state index in [0.29, 0.717) is 19.0 Å². The lowest BCUT2D eigenvalue weighted by molar-refractivity contribution is 0.0172. The molecule has 3 amide bonds. The summed E-state index contributed by atoms with van der Waals surface area (Å²) in [7, 11) is 1.87. The molecule has 0 unspecified atom stereocenters. The van der Waals surface area contributed by atoms with Crippen LogP contribution in [0.15, 0.2) is 30.3 Å². The number of urea groups is 1. The normalized spacial score (nSPS) is 23.0. The summed E-state index contributed by atoms with van der Waals surface area (Å²) >= 11 is 0. The third kappa shape index (κ3) is 6.13. The minimum absolute atomic E-state index is 0.00822. The van der Waals surface area contributed by atoms with Gasteiger partial charge in [-0.1, -0.05) is 30.3 Å². The maximum absolute atomic E-state index is 12.8. The first-order valence-electron chi connectivity index (χ1n) is 11.3. The number of hydrogen-bond donors (Lipinski definition) is 1. The Balaban J connectivity index is 1.41. The second-order valence-corrected chi connectivity index (χ2v) is 9.72.